The van der Waals surface area contributed by atoms with E-state index in [1.165, 1.54) is 16.3 Å². The van der Waals surface area contributed by atoms with E-state index in [0.29, 0.717) is 5.92 Å². The maximum Gasteiger partial charge on any atom is 0.146 e. The molecule has 0 fully saturated rings. The summed E-state index contributed by atoms with van der Waals surface area (Å²) in [6.07, 6.45) is 0. The van der Waals surface area contributed by atoms with Gasteiger partial charge in [-0.2, -0.15) is 0 Å². The molecule has 0 saturated carbocycles. The van der Waals surface area contributed by atoms with Crippen molar-refractivity contribution in [3.05, 3.63) is 78.4 Å². The Balaban J connectivity index is 1.69. The molecule has 4 aromatic carbocycles. The monoisotopic (exact) mass is 418 g/mol. The average Bonchev–Trinajstić information content (AvgIpc) is 3.37. The van der Waals surface area contributed by atoms with E-state index in [1.54, 1.807) is 0 Å². The number of hydrogen-bond donors (Lipinski definition) is 0. The van der Waals surface area contributed by atoms with Crippen molar-refractivity contribution in [2.24, 2.45) is 0 Å². The van der Waals surface area contributed by atoms with Gasteiger partial charge >= 0.3 is 0 Å². The number of fused-ring (bicyclic) bond motifs is 6. The van der Waals surface area contributed by atoms with E-state index in [1.807, 2.05) is 0 Å². The molecule has 2 aromatic heterocycles. The normalized spacial score (nSPS) is 12.3. The number of para-hydroxylation sites is 1. The molecule has 2 heterocycles. The highest BCUT2D eigenvalue weighted by molar-refractivity contribution is 6.10. The molecule has 3 heteroatoms. The maximum absolute atomic E-state index is 6.49. The molecule has 6 rings (SSSR count). The second-order valence-corrected chi connectivity index (χ2v) is 9.25. The minimum absolute atomic E-state index is 0.267. The molecule has 6 aromatic rings. The Morgan fingerprint density at radius 1 is 0.781 bits per heavy atom. The van der Waals surface area contributed by atoms with Gasteiger partial charge in [0.1, 0.15) is 17.0 Å². The molecular weight excluding hydrogens is 392 g/mol. The summed E-state index contributed by atoms with van der Waals surface area (Å²) in [6.45, 7) is 8.86. The van der Waals surface area contributed by atoms with Gasteiger partial charge < -0.3 is 8.98 Å². The Bertz CT molecular complexity index is 1630. The third kappa shape index (κ3) is 2.70. The van der Waals surface area contributed by atoms with Crippen LogP contribution in [0.4, 0.5) is 0 Å². The van der Waals surface area contributed by atoms with Crippen molar-refractivity contribution in [3.8, 4) is 11.4 Å². The summed E-state index contributed by atoms with van der Waals surface area (Å²) in [5.41, 5.74) is 6.38. The molecular formula is C29H26N2O. The molecule has 0 spiro atoms. The van der Waals surface area contributed by atoms with Crippen molar-refractivity contribution in [2.45, 2.75) is 39.7 Å². The predicted molar refractivity (Wildman–Crippen MR) is 134 cm³/mol. The Morgan fingerprint density at radius 3 is 2.41 bits per heavy atom. The van der Waals surface area contributed by atoms with Gasteiger partial charge in [0.25, 0.3) is 0 Å². The van der Waals surface area contributed by atoms with Crippen molar-refractivity contribution in [3.63, 3.8) is 0 Å². The van der Waals surface area contributed by atoms with Gasteiger partial charge in [-0.05, 0) is 48.9 Å². The Morgan fingerprint density at radius 2 is 1.59 bits per heavy atom. The molecule has 0 bridgehead atoms. The minimum atomic E-state index is 0.267. The first-order chi connectivity index (χ1) is 15.5. The van der Waals surface area contributed by atoms with E-state index >= 15 is 0 Å². The number of rotatable bonds is 3. The third-order valence-electron chi connectivity index (χ3n) is 6.53. The first-order valence-electron chi connectivity index (χ1n) is 11.4. The second kappa shape index (κ2) is 6.96. The quantitative estimate of drug-likeness (QED) is 0.288. The zero-order chi connectivity index (χ0) is 22.0. The molecule has 0 N–H and O–H groups in total. The number of furan rings is 1. The first kappa shape index (κ1) is 19.1. The summed E-state index contributed by atoms with van der Waals surface area (Å²) in [6, 6.07) is 26.1. The number of aromatic nitrogens is 2. The predicted octanol–water partition coefficient (Wildman–Crippen LogP) is 8.46. The Kier molecular flexibility index (Phi) is 4.16. The average molecular weight is 419 g/mol. The van der Waals surface area contributed by atoms with Gasteiger partial charge in [-0.15, -0.1) is 0 Å². The molecule has 0 aliphatic carbocycles. The second-order valence-electron chi connectivity index (χ2n) is 9.25. The van der Waals surface area contributed by atoms with Gasteiger partial charge in [0.15, 0.2) is 0 Å². The van der Waals surface area contributed by atoms with E-state index in [-0.39, 0.29) is 6.04 Å². The first-order valence-corrected chi connectivity index (χ1v) is 11.4. The van der Waals surface area contributed by atoms with Gasteiger partial charge in [0.2, 0.25) is 0 Å². The third-order valence-corrected chi connectivity index (χ3v) is 6.53. The topological polar surface area (TPSA) is 31.0 Å². The molecule has 0 amide bonds. The Hall–Kier alpha value is -3.59. The highest BCUT2D eigenvalue weighted by Gasteiger charge is 2.21. The van der Waals surface area contributed by atoms with Crippen LogP contribution in [-0.2, 0) is 0 Å². The zero-order valence-electron chi connectivity index (χ0n) is 18.9. The van der Waals surface area contributed by atoms with Crippen molar-refractivity contribution in [1.82, 2.24) is 9.55 Å². The fourth-order valence-electron chi connectivity index (χ4n) is 4.89. The van der Waals surface area contributed by atoms with Gasteiger partial charge in [-0.3, -0.25) is 0 Å². The lowest BCUT2D eigenvalue weighted by atomic mass is 10.0. The summed E-state index contributed by atoms with van der Waals surface area (Å²) in [5.74, 6) is 1.42. The molecule has 32 heavy (non-hydrogen) atoms. The molecule has 0 atom stereocenters. The number of hydrogen-bond acceptors (Lipinski definition) is 2. The Labute approximate surface area is 187 Å². The molecule has 0 radical (unpaired) electrons. The summed E-state index contributed by atoms with van der Waals surface area (Å²) >= 11 is 0. The minimum Gasteiger partial charge on any atom is -0.455 e. The van der Waals surface area contributed by atoms with Crippen molar-refractivity contribution >= 4 is 43.7 Å². The lowest BCUT2D eigenvalue weighted by Gasteiger charge is -2.13. The van der Waals surface area contributed by atoms with E-state index in [9.17, 15) is 0 Å². The van der Waals surface area contributed by atoms with E-state index in [2.05, 4.69) is 105 Å². The zero-order valence-corrected chi connectivity index (χ0v) is 18.9. The lowest BCUT2D eigenvalue weighted by Crippen LogP contribution is -2.03. The number of nitrogens with zero attached hydrogens (tertiary/aromatic N) is 2. The lowest BCUT2D eigenvalue weighted by molar-refractivity contribution is 0.622. The van der Waals surface area contributed by atoms with Crippen LogP contribution in [0.15, 0.2) is 77.2 Å². The maximum atomic E-state index is 6.49. The van der Waals surface area contributed by atoms with Crippen LogP contribution in [0.25, 0.3) is 55.1 Å². The smallest absolute Gasteiger partial charge is 0.146 e. The van der Waals surface area contributed by atoms with Gasteiger partial charge in [0.05, 0.1) is 16.6 Å². The van der Waals surface area contributed by atoms with Crippen LogP contribution in [0.3, 0.4) is 0 Å². The summed E-state index contributed by atoms with van der Waals surface area (Å²) < 4.78 is 8.83. The molecule has 3 nitrogen and oxygen atoms in total. The van der Waals surface area contributed by atoms with Gasteiger partial charge in [-0.1, -0.05) is 68.4 Å². The SMILES string of the molecule is CC(C)c1ccc2c(c1)oc1c(-c3nc4c5ccccc5ccc4n3C(C)C)cccc12. The number of benzene rings is 4. The van der Waals surface area contributed by atoms with E-state index in [0.717, 1.165) is 44.4 Å². The van der Waals surface area contributed by atoms with Crippen LogP contribution in [0.2, 0.25) is 0 Å². The van der Waals surface area contributed by atoms with E-state index < -0.39 is 0 Å². The molecule has 0 aliphatic heterocycles. The van der Waals surface area contributed by atoms with Crippen LogP contribution in [-0.4, -0.2) is 9.55 Å². The van der Waals surface area contributed by atoms with Crippen molar-refractivity contribution in [1.29, 1.82) is 0 Å². The fourth-order valence-corrected chi connectivity index (χ4v) is 4.89. The van der Waals surface area contributed by atoms with E-state index in [4.69, 9.17) is 9.40 Å². The highest BCUT2D eigenvalue weighted by atomic mass is 16.3. The van der Waals surface area contributed by atoms with Gasteiger partial charge in [-0.25, -0.2) is 4.98 Å². The van der Waals surface area contributed by atoms with Crippen molar-refractivity contribution < 1.29 is 4.42 Å². The highest BCUT2D eigenvalue weighted by Crippen LogP contribution is 2.39. The van der Waals surface area contributed by atoms with Crippen LogP contribution in [0, 0.1) is 0 Å². The molecule has 0 unspecified atom stereocenters. The van der Waals surface area contributed by atoms with Crippen LogP contribution in [0.5, 0.6) is 0 Å². The molecule has 158 valence electrons. The van der Waals surface area contributed by atoms with Crippen LogP contribution in [0.1, 0.15) is 45.2 Å². The number of imidazole rings is 1. The molecule has 0 saturated heterocycles. The van der Waals surface area contributed by atoms with Gasteiger partial charge in [0, 0.05) is 22.2 Å². The fraction of sp³-hybridized carbons (Fsp3) is 0.207. The largest absolute Gasteiger partial charge is 0.455 e. The van der Waals surface area contributed by atoms with Crippen molar-refractivity contribution in [2.75, 3.05) is 0 Å². The molecule has 0 aliphatic rings. The standard InChI is InChI=1S/C29H26N2O/c1-17(2)20-12-14-22-23-10-7-11-24(28(23)32-26(22)16-20)29-30-27-21-9-6-5-8-19(21)13-15-25(27)31(29)18(3)4/h5-18H,1-4H3. The summed E-state index contributed by atoms with van der Waals surface area (Å²) in [4.78, 5) is 5.20. The van der Waals surface area contributed by atoms with Crippen LogP contribution < -0.4 is 0 Å². The summed E-state index contributed by atoms with van der Waals surface area (Å²) in [5, 5.41) is 4.69. The summed E-state index contributed by atoms with van der Waals surface area (Å²) in [7, 11) is 0. The van der Waals surface area contributed by atoms with Crippen LogP contribution >= 0.6 is 0 Å².